The second-order valence-corrected chi connectivity index (χ2v) is 5.35. The average Bonchev–Trinajstić information content (AvgIpc) is 2.48. The Morgan fingerprint density at radius 3 is 2.55 bits per heavy atom. The van der Waals surface area contributed by atoms with E-state index in [0.29, 0.717) is 45.6 Å². The summed E-state index contributed by atoms with van der Waals surface area (Å²) in [5.74, 6) is -0.199. The van der Waals surface area contributed by atoms with Gasteiger partial charge in [-0.3, -0.25) is 9.59 Å². The number of ketones is 1. The van der Waals surface area contributed by atoms with E-state index in [1.165, 1.54) is 0 Å². The van der Waals surface area contributed by atoms with Crippen LogP contribution in [0.4, 0.5) is 4.79 Å². The van der Waals surface area contributed by atoms with E-state index < -0.39 is 0 Å². The SMILES string of the molecule is CCOC(=O)C1CCCN(C(=O)N2CCC(=O)CC2)C1. The van der Waals surface area contributed by atoms with E-state index in [1.54, 1.807) is 16.7 Å². The Labute approximate surface area is 119 Å². The van der Waals surface area contributed by atoms with Crippen LogP contribution >= 0.6 is 0 Å². The van der Waals surface area contributed by atoms with Gasteiger partial charge in [-0.1, -0.05) is 0 Å². The molecule has 6 heteroatoms. The maximum atomic E-state index is 12.4. The first kappa shape index (κ1) is 14.8. The molecule has 0 aromatic carbocycles. The minimum atomic E-state index is -0.209. The zero-order valence-corrected chi connectivity index (χ0v) is 12.0. The lowest BCUT2D eigenvalue weighted by Gasteiger charge is -2.36. The highest BCUT2D eigenvalue weighted by Gasteiger charge is 2.32. The number of hydrogen-bond donors (Lipinski definition) is 0. The first-order valence-electron chi connectivity index (χ1n) is 7.34. The standard InChI is InChI=1S/C14H22N2O4/c1-2-20-13(18)11-4-3-7-16(10-11)14(19)15-8-5-12(17)6-9-15/h11H,2-10H2,1H3. The summed E-state index contributed by atoms with van der Waals surface area (Å²) in [4.78, 5) is 38.8. The first-order chi connectivity index (χ1) is 9.61. The molecule has 2 fully saturated rings. The van der Waals surface area contributed by atoms with E-state index in [2.05, 4.69) is 0 Å². The Morgan fingerprint density at radius 1 is 1.20 bits per heavy atom. The molecule has 0 saturated carbocycles. The number of esters is 1. The van der Waals surface area contributed by atoms with Crippen molar-refractivity contribution < 1.29 is 19.1 Å². The van der Waals surface area contributed by atoms with Gasteiger partial charge in [0.25, 0.3) is 0 Å². The molecule has 2 aliphatic rings. The highest BCUT2D eigenvalue weighted by atomic mass is 16.5. The normalized spacial score (nSPS) is 23.6. The molecule has 0 aromatic rings. The monoisotopic (exact) mass is 282 g/mol. The zero-order valence-electron chi connectivity index (χ0n) is 12.0. The number of nitrogens with zero attached hydrogens (tertiary/aromatic N) is 2. The molecular weight excluding hydrogens is 260 g/mol. The molecule has 0 radical (unpaired) electrons. The summed E-state index contributed by atoms with van der Waals surface area (Å²) in [7, 11) is 0. The summed E-state index contributed by atoms with van der Waals surface area (Å²) in [5, 5.41) is 0. The summed E-state index contributed by atoms with van der Waals surface area (Å²) >= 11 is 0. The number of hydrogen-bond acceptors (Lipinski definition) is 4. The van der Waals surface area contributed by atoms with Gasteiger partial charge in [0.05, 0.1) is 12.5 Å². The van der Waals surface area contributed by atoms with Crippen molar-refractivity contribution in [1.82, 2.24) is 9.80 Å². The van der Waals surface area contributed by atoms with Gasteiger partial charge >= 0.3 is 12.0 Å². The maximum Gasteiger partial charge on any atom is 0.320 e. The largest absolute Gasteiger partial charge is 0.466 e. The van der Waals surface area contributed by atoms with E-state index in [4.69, 9.17) is 4.74 Å². The Balaban J connectivity index is 1.89. The fourth-order valence-electron chi connectivity index (χ4n) is 2.75. The summed E-state index contributed by atoms with van der Waals surface area (Å²) in [6, 6.07) is -0.0495. The van der Waals surface area contributed by atoms with Gasteiger partial charge in [0.15, 0.2) is 0 Å². The third kappa shape index (κ3) is 3.49. The quantitative estimate of drug-likeness (QED) is 0.710. The number of rotatable bonds is 2. The van der Waals surface area contributed by atoms with Crippen LogP contribution in [-0.2, 0) is 14.3 Å². The second-order valence-electron chi connectivity index (χ2n) is 5.35. The van der Waals surface area contributed by atoms with Crippen LogP contribution < -0.4 is 0 Å². The fraction of sp³-hybridized carbons (Fsp3) is 0.786. The van der Waals surface area contributed by atoms with Crippen molar-refractivity contribution in [2.45, 2.75) is 32.6 Å². The van der Waals surface area contributed by atoms with Gasteiger partial charge in [0, 0.05) is 39.0 Å². The molecule has 6 nitrogen and oxygen atoms in total. The molecule has 1 unspecified atom stereocenters. The summed E-state index contributed by atoms with van der Waals surface area (Å²) in [5.41, 5.74) is 0. The molecule has 20 heavy (non-hydrogen) atoms. The van der Waals surface area contributed by atoms with Crippen LogP contribution in [0.5, 0.6) is 0 Å². The molecule has 2 heterocycles. The van der Waals surface area contributed by atoms with E-state index in [1.807, 2.05) is 0 Å². The molecule has 0 spiro atoms. The number of likely N-dealkylation sites (tertiary alicyclic amines) is 2. The van der Waals surface area contributed by atoms with Gasteiger partial charge in [-0.05, 0) is 19.8 Å². The van der Waals surface area contributed by atoms with Gasteiger partial charge in [0.2, 0.25) is 0 Å². The number of urea groups is 1. The maximum absolute atomic E-state index is 12.4. The number of carbonyl (C=O) groups is 3. The second kappa shape index (κ2) is 6.72. The Bertz CT molecular complexity index is 387. The molecule has 1 atom stereocenters. The molecule has 0 aliphatic carbocycles. The third-order valence-corrected chi connectivity index (χ3v) is 3.90. The number of Topliss-reactive ketones (excluding diaryl/α,β-unsaturated/α-hetero) is 1. The number of piperidine rings is 2. The molecule has 2 rings (SSSR count). The van der Waals surface area contributed by atoms with E-state index in [0.717, 1.165) is 12.8 Å². The minimum absolute atomic E-state index is 0.0495. The molecular formula is C14H22N2O4. The predicted octanol–water partition coefficient (Wildman–Crippen LogP) is 1.05. The van der Waals surface area contributed by atoms with Crippen LogP contribution in [0.1, 0.15) is 32.6 Å². The van der Waals surface area contributed by atoms with Crippen LogP contribution in [0.15, 0.2) is 0 Å². The van der Waals surface area contributed by atoms with E-state index >= 15 is 0 Å². The summed E-state index contributed by atoms with van der Waals surface area (Å²) in [6.07, 6.45) is 2.49. The minimum Gasteiger partial charge on any atom is -0.466 e. The highest BCUT2D eigenvalue weighted by molar-refractivity contribution is 5.83. The lowest BCUT2D eigenvalue weighted by Crippen LogP contribution is -2.51. The van der Waals surface area contributed by atoms with Crippen LogP contribution in [-0.4, -0.2) is 60.4 Å². The van der Waals surface area contributed by atoms with Gasteiger partial charge < -0.3 is 14.5 Å². The third-order valence-electron chi connectivity index (χ3n) is 3.90. The van der Waals surface area contributed by atoms with Crippen molar-refractivity contribution in [2.75, 3.05) is 32.8 Å². The van der Waals surface area contributed by atoms with Gasteiger partial charge in [-0.15, -0.1) is 0 Å². The molecule has 0 bridgehead atoms. The lowest BCUT2D eigenvalue weighted by molar-refractivity contribution is -0.149. The van der Waals surface area contributed by atoms with E-state index in [-0.39, 0.29) is 23.7 Å². The molecule has 0 N–H and O–H groups in total. The average molecular weight is 282 g/mol. The summed E-state index contributed by atoms with van der Waals surface area (Å²) in [6.45, 7) is 4.27. The Morgan fingerprint density at radius 2 is 1.90 bits per heavy atom. The molecule has 2 saturated heterocycles. The highest BCUT2D eigenvalue weighted by Crippen LogP contribution is 2.20. The van der Waals surface area contributed by atoms with Crippen molar-refractivity contribution >= 4 is 17.8 Å². The number of carbonyl (C=O) groups excluding carboxylic acids is 3. The van der Waals surface area contributed by atoms with Crippen molar-refractivity contribution in [2.24, 2.45) is 5.92 Å². The first-order valence-corrected chi connectivity index (χ1v) is 7.34. The van der Waals surface area contributed by atoms with Gasteiger partial charge in [0.1, 0.15) is 5.78 Å². The topological polar surface area (TPSA) is 66.9 Å². The summed E-state index contributed by atoms with van der Waals surface area (Å²) < 4.78 is 5.03. The predicted molar refractivity (Wildman–Crippen MR) is 72.1 cm³/mol. The van der Waals surface area contributed by atoms with Gasteiger partial charge in [-0.25, -0.2) is 4.79 Å². The fourth-order valence-corrected chi connectivity index (χ4v) is 2.75. The van der Waals surface area contributed by atoms with Crippen molar-refractivity contribution in [3.05, 3.63) is 0 Å². The zero-order chi connectivity index (χ0) is 14.5. The number of ether oxygens (including phenoxy) is 1. The molecule has 0 aromatic heterocycles. The van der Waals surface area contributed by atoms with Crippen LogP contribution in [0.25, 0.3) is 0 Å². The molecule has 2 aliphatic heterocycles. The van der Waals surface area contributed by atoms with Crippen molar-refractivity contribution in [3.8, 4) is 0 Å². The van der Waals surface area contributed by atoms with Gasteiger partial charge in [-0.2, -0.15) is 0 Å². The van der Waals surface area contributed by atoms with Crippen molar-refractivity contribution in [3.63, 3.8) is 0 Å². The molecule has 112 valence electrons. The number of amides is 2. The van der Waals surface area contributed by atoms with Crippen LogP contribution in [0.3, 0.4) is 0 Å². The molecule has 2 amide bonds. The smallest absolute Gasteiger partial charge is 0.320 e. The van der Waals surface area contributed by atoms with Crippen LogP contribution in [0, 0.1) is 5.92 Å². The Kier molecular flexibility index (Phi) is 4.98. The van der Waals surface area contributed by atoms with Crippen molar-refractivity contribution in [1.29, 1.82) is 0 Å². The van der Waals surface area contributed by atoms with Crippen LogP contribution in [0.2, 0.25) is 0 Å². The lowest BCUT2D eigenvalue weighted by atomic mass is 9.98. The Hall–Kier alpha value is -1.59. The van der Waals surface area contributed by atoms with E-state index in [9.17, 15) is 14.4 Å².